The van der Waals surface area contributed by atoms with Gasteiger partial charge in [0.25, 0.3) is 12.3 Å². The van der Waals surface area contributed by atoms with Gasteiger partial charge in [-0.2, -0.15) is 4.72 Å². The quantitative estimate of drug-likeness (QED) is 0.420. The van der Waals surface area contributed by atoms with E-state index in [0.717, 1.165) is 17.7 Å². The number of alkyl halides is 2. The van der Waals surface area contributed by atoms with Crippen molar-refractivity contribution in [2.24, 2.45) is 0 Å². The smallest absolute Gasteiger partial charge is 0.434 e. The molecule has 1 aliphatic heterocycles. The van der Waals surface area contributed by atoms with Crippen LogP contribution >= 0.6 is 11.6 Å². The molecule has 2 aromatic carbocycles. The summed E-state index contributed by atoms with van der Waals surface area (Å²) in [7, 11) is -4.61. The Kier molecular flexibility index (Phi) is 7.59. The summed E-state index contributed by atoms with van der Waals surface area (Å²) in [4.78, 5) is 24.1. The minimum Gasteiger partial charge on any atom is -0.480 e. The zero-order chi connectivity index (χ0) is 27.9. The summed E-state index contributed by atoms with van der Waals surface area (Å²) in [5.74, 6) is -4.15. The zero-order valence-corrected chi connectivity index (χ0v) is 21.8. The van der Waals surface area contributed by atoms with E-state index in [1.165, 1.54) is 13.0 Å². The highest BCUT2D eigenvalue weighted by atomic mass is 35.5. The second kappa shape index (κ2) is 10.4. The highest BCUT2D eigenvalue weighted by Gasteiger charge is 2.38. The first-order valence-corrected chi connectivity index (χ1v) is 13.0. The minimum absolute atomic E-state index is 0.159. The molecule has 38 heavy (non-hydrogen) atoms. The van der Waals surface area contributed by atoms with Crippen molar-refractivity contribution in [1.82, 2.24) is 14.9 Å². The largest absolute Gasteiger partial charge is 0.480 e. The fourth-order valence-corrected chi connectivity index (χ4v) is 5.96. The standard InChI is InChI=1S/C23H22ClF3N4O6S/c1-10-4-6-14(25)18(11(10)2)12(3)19(22-28-29-23(33)37-22)30-38(34,35)15-7-5-13(24)20-21(15)36-9-17(32)31(20)8-16(26)27/h4-7,12,16,19,30H,8-9H2,1-3H3,(H,29,33)/t12-,19+/m1/s1. The van der Waals surface area contributed by atoms with Gasteiger partial charge in [0.15, 0.2) is 12.4 Å². The Bertz CT molecular complexity index is 1560. The van der Waals surface area contributed by atoms with Crippen molar-refractivity contribution in [3.05, 3.63) is 68.2 Å². The number of carbonyl (C=O) groups excluding carboxylic acids is 1. The summed E-state index contributed by atoms with van der Waals surface area (Å²) < 4.78 is 81.3. The Hall–Kier alpha value is -3.36. The minimum atomic E-state index is -4.61. The van der Waals surface area contributed by atoms with Crippen LogP contribution in [0.2, 0.25) is 5.02 Å². The molecule has 0 fully saturated rings. The lowest BCUT2D eigenvalue weighted by Gasteiger charge is -2.31. The molecule has 1 aromatic heterocycles. The summed E-state index contributed by atoms with van der Waals surface area (Å²) >= 11 is 6.15. The molecule has 0 unspecified atom stereocenters. The predicted octanol–water partition coefficient (Wildman–Crippen LogP) is 3.59. The van der Waals surface area contributed by atoms with E-state index >= 15 is 0 Å². The average Bonchev–Trinajstić information content (AvgIpc) is 3.27. The van der Waals surface area contributed by atoms with Gasteiger partial charge >= 0.3 is 5.76 Å². The maximum absolute atomic E-state index is 14.9. The fraction of sp³-hybridized carbons (Fsp3) is 0.348. The first kappa shape index (κ1) is 27.7. The molecule has 1 aliphatic rings. The van der Waals surface area contributed by atoms with Gasteiger partial charge in [0.1, 0.15) is 22.4 Å². The van der Waals surface area contributed by atoms with Crippen molar-refractivity contribution in [3.63, 3.8) is 0 Å². The first-order chi connectivity index (χ1) is 17.8. The number of halogens is 4. The molecule has 0 bridgehead atoms. The Balaban J connectivity index is 1.82. The molecule has 204 valence electrons. The molecule has 0 saturated heterocycles. The summed E-state index contributed by atoms with van der Waals surface area (Å²) in [5.41, 5.74) is 1.12. The number of rotatable bonds is 8. The lowest BCUT2D eigenvalue weighted by molar-refractivity contribution is -0.121. The number of nitrogens with zero attached hydrogens (tertiary/aromatic N) is 2. The molecular formula is C23H22ClF3N4O6S. The van der Waals surface area contributed by atoms with E-state index in [0.29, 0.717) is 10.5 Å². The third-order valence-corrected chi connectivity index (χ3v) is 8.03. The summed E-state index contributed by atoms with van der Waals surface area (Å²) in [6, 6.07) is 3.59. The summed E-state index contributed by atoms with van der Waals surface area (Å²) in [6.07, 6.45) is -2.93. The van der Waals surface area contributed by atoms with E-state index in [-0.39, 0.29) is 22.2 Å². The molecule has 4 rings (SSSR count). The molecule has 2 heterocycles. The Morgan fingerprint density at radius 2 is 1.92 bits per heavy atom. The van der Waals surface area contributed by atoms with Crippen molar-refractivity contribution >= 4 is 33.2 Å². The van der Waals surface area contributed by atoms with Crippen LogP contribution in [0.5, 0.6) is 5.75 Å². The number of aromatic amines is 1. The molecule has 2 N–H and O–H groups in total. The maximum atomic E-state index is 14.9. The van der Waals surface area contributed by atoms with Gasteiger partial charge in [-0.05, 0) is 48.7 Å². The SMILES string of the molecule is Cc1ccc(F)c([C@@H](C)[C@H](NS(=O)(=O)c2ccc(Cl)c3c2OCC(=O)N3CC(F)F)c2n[nH]c(=O)o2)c1C. The second-order valence-corrected chi connectivity index (χ2v) is 10.7. The lowest BCUT2D eigenvalue weighted by Crippen LogP contribution is -2.42. The third kappa shape index (κ3) is 5.15. The van der Waals surface area contributed by atoms with E-state index in [1.807, 2.05) is 5.10 Å². The van der Waals surface area contributed by atoms with E-state index in [2.05, 4.69) is 9.82 Å². The number of carbonyl (C=O) groups is 1. The van der Waals surface area contributed by atoms with Crippen LogP contribution in [0.15, 0.2) is 38.4 Å². The van der Waals surface area contributed by atoms with Gasteiger partial charge in [-0.25, -0.2) is 31.5 Å². The Morgan fingerprint density at radius 1 is 1.21 bits per heavy atom. The number of H-pyrrole nitrogens is 1. The second-order valence-electron chi connectivity index (χ2n) is 8.65. The van der Waals surface area contributed by atoms with Gasteiger partial charge in [0.05, 0.1) is 11.6 Å². The number of hydrogen-bond donors (Lipinski definition) is 2. The number of ether oxygens (including phenoxy) is 1. The number of aryl methyl sites for hydroxylation is 1. The fourth-order valence-electron chi connectivity index (χ4n) is 4.30. The molecular weight excluding hydrogens is 553 g/mol. The number of fused-ring (bicyclic) bond motifs is 1. The summed E-state index contributed by atoms with van der Waals surface area (Å²) in [5, 5.41) is 5.60. The molecule has 0 aliphatic carbocycles. The van der Waals surface area contributed by atoms with Crippen LogP contribution in [0.1, 0.15) is 41.5 Å². The van der Waals surface area contributed by atoms with E-state index < -0.39 is 69.7 Å². The zero-order valence-electron chi connectivity index (χ0n) is 20.2. The van der Waals surface area contributed by atoms with Crippen LogP contribution in [0.4, 0.5) is 18.9 Å². The van der Waals surface area contributed by atoms with Crippen LogP contribution in [-0.4, -0.2) is 44.1 Å². The number of amides is 1. The number of nitrogens with one attached hydrogen (secondary N) is 2. The van der Waals surface area contributed by atoms with Crippen molar-refractivity contribution in [1.29, 1.82) is 0 Å². The molecule has 2 atom stereocenters. The Labute approximate surface area is 219 Å². The Morgan fingerprint density at radius 3 is 2.55 bits per heavy atom. The predicted molar refractivity (Wildman–Crippen MR) is 130 cm³/mol. The van der Waals surface area contributed by atoms with Crippen molar-refractivity contribution < 1.29 is 35.5 Å². The topological polar surface area (TPSA) is 135 Å². The third-order valence-electron chi connectivity index (χ3n) is 6.26. The van der Waals surface area contributed by atoms with Gasteiger partial charge in [0.2, 0.25) is 15.9 Å². The number of anilines is 1. The molecule has 0 saturated carbocycles. The van der Waals surface area contributed by atoms with Crippen LogP contribution < -0.4 is 20.1 Å². The van der Waals surface area contributed by atoms with Crippen molar-refractivity contribution in [2.75, 3.05) is 18.1 Å². The van der Waals surface area contributed by atoms with Crippen molar-refractivity contribution in [2.45, 2.75) is 44.1 Å². The van der Waals surface area contributed by atoms with Gasteiger partial charge in [-0.15, -0.1) is 5.10 Å². The first-order valence-electron chi connectivity index (χ1n) is 11.2. The normalized spacial score (nSPS) is 15.4. The van der Waals surface area contributed by atoms with Gasteiger partial charge in [-0.1, -0.05) is 24.6 Å². The molecule has 3 aromatic rings. The number of benzene rings is 2. The lowest BCUT2D eigenvalue weighted by atomic mass is 9.88. The van der Waals surface area contributed by atoms with Gasteiger partial charge < -0.3 is 9.15 Å². The molecule has 15 heteroatoms. The highest BCUT2D eigenvalue weighted by Crippen LogP contribution is 2.44. The summed E-state index contributed by atoms with van der Waals surface area (Å²) in [6.45, 7) is 3.20. The van der Waals surface area contributed by atoms with Crippen LogP contribution in [-0.2, 0) is 14.8 Å². The number of hydrogen-bond acceptors (Lipinski definition) is 7. The van der Waals surface area contributed by atoms with E-state index in [4.69, 9.17) is 20.8 Å². The molecule has 0 radical (unpaired) electrons. The van der Waals surface area contributed by atoms with Gasteiger partial charge in [-0.3, -0.25) is 9.69 Å². The molecule has 1 amide bonds. The number of aromatic nitrogens is 2. The van der Waals surface area contributed by atoms with E-state index in [1.54, 1.807) is 19.9 Å². The van der Waals surface area contributed by atoms with Crippen LogP contribution in [0.25, 0.3) is 0 Å². The molecule has 10 nitrogen and oxygen atoms in total. The average molecular weight is 575 g/mol. The van der Waals surface area contributed by atoms with Crippen LogP contribution in [0.3, 0.4) is 0 Å². The van der Waals surface area contributed by atoms with Crippen LogP contribution in [0, 0.1) is 19.7 Å². The monoisotopic (exact) mass is 574 g/mol. The maximum Gasteiger partial charge on any atom is 0.434 e. The van der Waals surface area contributed by atoms with Gasteiger partial charge in [0, 0.05) is 5.92 Å². The highest BCUT2D eigenvalue weighted by molar-refractivity contribution is 7.89. The number of sulfonamides is 1. The van der Waals surface area contributed by atoms with E-state index in [9.17, 15) is 31.2 Å². The molecule has 0 spiro atoms. The van der Waals surface area contributed by atoms with Crippen molar-refractivity contribution in [3.8, 4) is 5.75 Å².